The van der Waals surface area contributed by atoms with Gasteiger partial charge >= 0.3 is 0 Å². The molecule has 1 aliphatic rings. The molecule has 74 valence electrons. The molecule has 2 heterocycles. The second-order valence-corrected chi connectivity index (χ2v) is 3.38. The van der Waals surface area contributed by atoms with Crippen molar-refractivity contribution in [2.24, 2.45) is 5.73 Å². The maximum Gasteiger partial charge on any atom is 0.252 e. The van der Waals surface area contributed by atoms with Gasteiger partial charge in [-0.25, -0.2) is 9.97 Å². The lowest BCUT2D eigenvalue weighted by Crippen LogP contribution is -2.18. The molecule has 0 saturated carbocycles. The number of nitrogens with one attached hydrogen (secondary N) is 1. The average Bonchev–Trinajstić information content (AvgIpc) is 2.70. The Morgan fingerprint density at radius 3 is 3.14 bits per heavy atom. The molecule has 5 heteroatoms. The van der Waals surface area contributed by atoms with Gasteiger partial charge in [0.2, 0.25) is 0 Å². The Kier molecular flexibility index (Phi) is 2.41. The van der Waals surface area contributed by atoms with E-state index in [0.717, 1.165) is 25.2 Å². The number of carbonyl (C=O) groups is 1. The highest BCUT2D eigenvalue weighted by atomic mass is 16.1. The van der Waals surface area contributed by atoms with Gasteiger partial charge in [-0.2, -0.15) is 0 Å². The summed E-state index contributed by atoms with van der Waals surface area (Å²) in [5.74, 6) is -0.159. The molecule has 0 aromatic carbocycles. The van der Waals surface area contributed by atoms with Crippen molar-refractivity contribution in [1.29, 1.82) is 0 Å². The second kappa shape index (κ2) is 3.71. The van der Waals surface area contributed by atoms with Gasteiger partial charge in [-0.1, -0.05) is 0 Å². The first-order valence-electron chi connectivity index (χ1n) is 4.59. The highest BCUT2D eigenvalue weighted by molar-refractivity contribution is 5.93. The lowest BCUT2D eigenvalue weighted by molar-refractivity contribution is 0.0998. The predicted molar refractivity (Wildman–Crippen MR) is 50.8 cm³/mol. The molecule has 1 atom stereocenters. The molecular formula is C9H12N4O. The number of hydrogen-bond acceptors (Lipinski definition) is 4. The Hall–Kier alpha value is -1.49. The normalized spacial score (nSPS) is 21.0. The van der Waals surface area contributed by atoms with Gasteiger partial charge in [0.25, 0.3) is 5.91 Å². The molecule has 3 N–H and O–H groups in total. The number of nitrogens with two attached hydrogens (primary N) is 1. The van der Waals surface area contributed by atoms with Crippen LogP contribution in [0.25, 0.3) is 0 Å². The Morgan fingerprint density at radius 1 is 1.64 bits per heavy atom. The van der Waals surface area contributed by atoms with Crippen LogP contribution in [0.3, 0.4) is 0 Å². The summed E-state index contributed by atoms with van der Waals surface area (Å²) >= 11 is 0. The zero-order valence-corrected chi connectivity index (χ0v) is 7.73. The molecule has 1 aromatic heterocycles. The van der Waals surface area contributed by atoms with Crippen LogP contribution in [0.2, 0.25) is 0 Å². The van der Waals surface area contributed by atoms with Gasteiger partial charge < -0.3 is 11.1 Å². The van der Waals surface area contributed by atoms with E-state index in [4.69, 9.17) is 5.73 Å². The van der Waals surface area contributed by atoms with Crippen LogP contribution in [-0.2, 0) is 0 Å². The first kappa shape index (κ1) is 9.08. The lowest BCUT2D eigenvalue weighted by Gasteiger charge is -2.09. The highest BCUT2D eigenvalue weighted by Gasteiger charge is 2.22. The van der Waals surface area contributed by atoms with Crippen LogP contribution in [0.4, 0.5) is 0 Å². The zero-order valence-electron chi connectivity index (χ0n) is 7.73. The monoisotopic (exact) mass is 192 g/mol. The summed E-state index contributed by atoms with van der Waals surface area (Å²) in [5.41, 5.74) is 6.46. The third-order valence-electron chi connectivity index (χ3n) is 2.46. The van der Waals surface area contributed by atoms with Gasteiger partial charge in [0.15, 0.2) is 0 Å². The smallest absolute Gasteiger partial charge is 0.252 e. The quantitative estimate of drug-likeness (QED) is 0.671. The molecular weight excluding hydrogens is 180 g/mol. The molecule has 14 heavy (non-hydrogen) atoms. The van der Waals surface area contributed by atoms with Crippen LogP contribution < -0.4 is 11.1 Å². The third kappa shape index (κ3) is 1.58. The van der Waals surface area contributed by atoms with Crippen molar-refractivity contribution in [2.75, 3.05) is 13.1 Å². The summed E-state index contributed by atoms with van der Waals surface area (Å²) in [6.07, 6.45) is 3.94. The van der Waals surface area contributed by atoms with E-state index in [9.17, 15) is 4.79 Å². The van der Waals surface area contributed by atoms with E-state index >= 15 is 0 Å². The third-order valence-corrected chi connectivity index (χ3v) is 2.46. The SMILES string of the molecule is NC(=O)c1cncnc1[C@H]1CCNC1. The van der Waals surface area contributed by atoms with Crippen LogP contribution in [-0.4, -0.2) is 29.0 Å². The van der Waals surface area contributed by atoms with E-state index in [1.165, 1.54) is 12.5 Å². The van der Waals surface area contributed by atoms with Crippen molar-refractivity contribution in [3.8, 4) is 0 Å². The zero-order chi connectivity index (χ0) is 9.97. The molecule has 0 unspecified atom stereocenters. The van der Waals surface area contributed by atoms with Crippen molar-refractivity contribution in [1.82, 2.24) is 15.3 Å². The minimum atomic E-state index is -0.451. The fraction of sp³-hybridized carbons (Fsp3) is 0.444. The molecule has 0 aliphatic carbocycles. The van der Waals surface area contributed by atoms with Gasteiger partial charge in [-0.15, -0.1) is 0 Å². The average molecular weight is 192 g/mol. The maximum atomic E-state index is 11.1. The summed E-state index contributed by atoms with van der Waals surface area (Å²) in [5, 5.41) is 3.22. The number of rotatable bonds is 2. The first-order chi connectivity index (χ1) is 6.79. The van der Waals surface area contributed by atoms with Crippen LogP contribution >= 0.6 is 0 Å². The molecule has 1 aliphatic heterocycles. The molecule has 1 aromatic rings. The summed E-state index contributed by atoms with van der Waals surface area (Å²) in [4.78, 5) is 19.0. The summed E-state index contributed by atoms with van der Waals surface area (Å²) in [6, 6.07) is 0. The Labute approximate surface area is 81.7 Å². The number of aromatic nitrogens is 2. The van der Waals surface area contributed by atoms with Crippen molar-refractivity contribution >= 4 is 5.91 Å². The number of carbonyl (C=O) groups excluding carboxylic acids is 1. The van der Waals surface area contributed by atoms with Crippen molar-refractivity contribution in [3.63, 3.8) is 0 Å². The highest BCUT2D eigenvalue weighted by Crippen LogP contribution is 2.22. The Bertz CT molecular complexity index is 346. The fourth-order valence-corrected chi connectivity index (χ4v) is 1.74. The molecule has 0 radical (unpaired) electrons. The molecule has 5 nitrogen and oxygen atoms in total. The van der Waals surface area contributed by atoms with Crippen LogP contribution in [0.1, 0.15) is 28.4 Å². The van der Waals surface area contributed by atoms with Crippen LogP contribution in [0, 0.1) is 0 Å². The van der Waals surface area contributed by atoms with Crippen molar-refractivity contribution in [3.05, 3.63) is 23.8 Å². The molecule has 1 fully saturated rings. The standard InChI is InChI=1S/C9H12N4O/c10-9(14)7-4-12-5-13-8(7)6-1-2-11-3-6/h4-6,11H,1-3H2,(H2,10,14)/t6-/m0/s1. The molecule has 1 saturated heterocycles. The van der Waals surface area contributed by atoms with E-state index in [1.54, 1.807) is 0 Å². The summed E-state index contributed by atoms with van der Waals surface area (Å²) in [6.45, 7) is 1.82. The molecule has 0 spiro atoms. The first-order valence-corrected chi connectivity index (χ1v) is 4.59. The number of nitrogens with zero attached hydrogens (tertiary/aromatic N) is 2. The minimum absolute atomic E-state index is 0.292. The van der Waals surface area contributed by atoms with E-state index in [1.807, 2.05) is 0 Å². The van der Waals surface area contributed by atoms with Crippen LogP contribution in [0.15, 0.2) is 12.5 Å². The molecule has 1 amide bonds. The van der Waals surface area contributed by atoms with Gasteiger partial charge in [0.1, 0.15) is 6.33 Å². The summed E-state index contributed by atoms with van der Waals surface area (Å²) in [7, 11) is 0. The Balaban J connectivity index is 2.35. The van der Waals surface area contributed by atoms with Gasteiger partial charge in [-0.05, 0) is 13.0 Å². The number of primary amides is 1. The number of hydrogen-bond donors (Lipinski definition) is 2. The fourth-order valence-electron chi connectivity index (χ4n) is 1.74. The van der Waals surface area contributed by atoms with Crippen molar-refractivity contribution < 1.29 is 4.79 Å². The van der Waals surface area contributed by atoms with Gasteiger partial charge in [0, 0.05) is 18.7 Å². The van der Waals surface area contributed by atoms with E-state index in [-0.39, 0.29) is 0 Å². The van der Waals surface area contributed by atoms with Gasteiger partial charge in [-0.3, -0.25) is 4.79 Å². The minimum Gasteiger partial charge on any atom is -0.365 e. The van der Waals surface area contributed by atoms with Gasteiger partial charge in [0.05, 0.1) is 11.3 Å². The number of amides is 1. The van der Waals surface area contributed by atoms with E-state index in [0.29, 0.717) is 11.5 Å². The van der Waals surface area contributed by atoms with E-state index < -0.39 is 5.91 Å². The summed E-state index contributed by atoms with van der Waals surface area (Å²) < 4.78 is 0. The maximum absolute atomic E-state index is 11.1. The predicted octanol–water partition coefficient (Wildman–Crippen LogP) is -0.348. The molecule has 2 rings (SSSR count). The topological polar surface area (TPSA) is 80.9 Å². The van der Waals surface area contributed by atoms with Crippen molar-refractivity contribution in [2.45, 2.75) is 12.3 Å². The van der Waals surface area contributed by atoms with Crippen LogP contribution in [0.5, 0.6) is 0 Å². The van der Waals surface area contributed by atoms with E-state index in [2.05, 4.69) is 15.3 Å². The Morgan fingerprint density at radius 2 is 2.50 bits per heavy atom. The largest absolute Gasteiger partial charge is 0.365 e. The molecule has 0 bridgehead atoms. The lowest BCUT2D eigenvalue weighted by atomic mass is 10.0. The second-order valence-electron chi connectivity index (χ2n) is 3.38.